The Morgan fingerprint density at radius 3 is 2.71 bits per heavy atom. The van der Waals surface area contributed by atoms with E-state index in [1.807, 2.05) is 6.07 Å². The number of amides is 1. The molecule has 1 aliphatic heterocycles. The molecule has 24 heavy (non-hydrogen) atoms. The van der Waals surface area contributed by atoms with Gasteiger partial charge in [0.25, 0.3) is 0 Å². The lowest BCUT2D eigenvalue weighted by atomic mass is 9.85. The van der Waals surface area contributed by atoms with Crippen LogP contribution in [0, 0.1) is 0 Å². The third-order valence-corrected chi connectivity index (χ3v) is 5.66. The van der Waals surface area contributed by atoms with Crippen LogP contribution in [-0.2, 0) is 20.7 Å². The molecule has 7 heteroatoms. The SMILES string of the molecule is CN(C(=O)Cc1ccc(Cl)c(Cl)c1)[C@H]1CC2(CC[C@@H]1N)OCCO2. The van der Waals surface area contributed by atoms with Crippen molar-refractivity contribution in [1.82, 2.24) is 4.90 Å². The first-order chi connectivity index (χ1) is 11.4. The summed E-state index contributed by atoms with van der Waals surface area (Å²) in [6.45, 7) is 1.20. The molecule has 1 saturated carbocycles. The fourth-order valence-corrected chi connectivity index (χ4v) is 3.79. The van der Waals surface area contributed by atoms with Crippen molar-refractivity contribution in [3.8, 4) is 0 Å². The van der Waals surface area contributed by atoms with Gasteiger partial charge in [0.15, 0.2) is 5.79 Å². The Balaban J connectivity index is 1.68. The zero-order valence-corrected chi connectivity index (χ0v) is 15.1. The number of nitrogens with zero attached hydrogens (tertiary/aromatic N) is 1. The number of halogens is 2. The van der Waals surface area contributed by atoms with Crippen molar-refractivity contribution in [2.75, 3.05) is 20.3 Å². The molecule has 1 spiro atoms. The number of likely N-dealkylation sites (N-methyl/N-ethyl adjacent to an activating group) is 1. The summed E-state index contributed by atoms with van der Waals surface area (Å²) in [5.74, 6) is -0.581. The van der Waals surface area contributed by atoms with Crippen molar-refractivity contribution in [3.63, 3.8) is 0 Å². The van der Waals surface area contributed by atoms with Gasteiger partial charge < -0.3 is 20.1 Å². The van der Waals surface area contributed by atoms with Gasteiger partial charge in [0.1, 0.15) is 0 Å². The summed E-state index contributed by atoms with van der Waals surface area (Å²) in [4.78, 5) is 14.4. The van der Waals surface area contributed by atoms with Crippen molar-refractivity contribution in [3.05, 3.63) is 33.8 Å². The zero-order chi connectivity index (χ0) is 17.3. The summed E-state index contributed by atoms with van der Waals surface area (Å²) in [5.41, 5.74) is 7.09. The molecule has 1 aromatic carbocycles. The minimum absolute atomic E-state index is 0.0103. The molecule has 1 aromatic rings. The molecule has 0 aromatic heterocycles. The molecule has 3 rings (SSSR count). The van der Waals surface area contributed by atoms with Gasteiger partial charge in [-0.1, -0.05) is 29.3 Å². The second-order valence-electron chi connectivity index (χ2n) is 6.51. The molecule has 2 N–H and O–H groups in total. The third-order valence-electron chi connectivity index (χ3n) is 4.92. The van der Waals surface area contributed by atoms with E-state index in [4.69, 9.17) is 38.4 Å². The highest BCUT2D eigenvalue weighted by Gasteiger charge is 2.46. The van der Waals surface area contributed by atoms with Crippen LogP contribution in [0.4, 0.5) is 0 Å². The average molecular weight is 373 g/mol. The summed E-state index contributed by atoms with van der Waals surface area (Å²) in [7, 11) is 1.79. The average Bonchev–Trinajstić information content (AvgIpc) is 3.01. The molecular formula is C17H22Cl2N2O3. The van der Waals surface area contributed by atoms with E-state index in [0.29, 0.717) is 29.7 Å². The monoisotopic (exact) mass is 372 g/mol. The molecule has 2 fully saturated rings. The van der Waals surface area contributed by atoms with Gasteiger partial charge in [0, 0.05) is 25.9 Å². The molecule has 0 radical (unpaired) electrons. The maximum atomic E-state index is 12.7. The van der Waals surface area contributed by atoms with Gasteiger partial charge in [-0.3, -0.25) is 4.79 Å². The van der Waals surface area contributed by atoms with Crippen LogP contribution in [0.15, 0.2) is 18.2 Å². The van der Waals surface area contributed by atoms with Gasteiger partial charge in [-0.2, -0.15) is 0 Å². The van der Waals surface area contributed by atoms with Crippen LogP contribution in [0.3, 0.4) is 0 Å². The van der Waals surface area contributed by atoms with Gasteiger partial charge in [-0.25, -0.2) is 0 Å². The van der Waals surface area contributed by atoms with Gasteiger partial charge in [-0.15, -0.1) is 0 Å². The van der Waals surface area contributed by atoms with Gasteiger partial charge in [0.05, 0.1) is 35.7 Å². The lowest BCUT2D eigenvalue weighted by Crippen LogP contribution is -2.56. The lowest BCUT2D eigenvalue weighted by Gasteiger charge is -2.43. The van der Waals surface area contributed by atoms with Crippen LogP contribution in [0.2, 0.25) is 10.0 Å². The molecule has 0 bridgehead atoms. The van der Waals surface area contributed by atoms with E-state index in [-0.39, 0.29) is 24.4 Å². The molecule has 2 atom stereocenters. The number of hydrogen-bond donors (Lipinski definition) is 1. The fourth-order valence-electron chi connectivity index (χ4n) is 3.47. The second kappa shape index (κ2) is 7.18. The first-order valence-electron chi connectivity index (χ1n) is 8.13. The van der Waals surface area contributed by atoms with E-state index in [2.05, 4.69) is 0 Å². The minimum Gasteiger partial charge on any atom is -0.347 e. The van der Waals surface area contributed by atoms with Crippen molar-refractivity contribution < 1.29 is 14.3 Å². The molecule has 0 unspecified atom stereocenters. The number of ether oxygens (including phenoxy) is 2. The van der Waals surface area contributed by atoms with Crippen molar-refractivity contribution >= 4 is 29.1 Å². The largest absolute Gasteiger partial charge is 0.347 e. The molecule has 1 saturated heterocycles. The van der Waals surface area contributed by atoms with E-state index in [1.165, 1.54) is 0 Å². The molecule has 1 amide bonds. The van der Waals surface area contributed by atoms with Crippen LogP contribution in [0.1, 0.15) is 24.8 Å². The van der Waals surface area contributed by atoms with Crippen LogP contribution in [0.5, 0.6) is 0 Å². The van der Waals surface area contributed by atoms with E-state index in [1.54, 1.807) is 24.1 Å². The molecule has 132 valence electrons. The molecule has 2 aliphatic rings. The Bertz CT molecular complexity index is 620. The number of hydrogen-bond acceptors (Lipinski definition) is 4. The van der Waals surface area contributed by atoms with Gasteiger partial charge in [0.2, 0.25) is 5.91 Å². The Labute approximate surface area is 152 Å². The summed E-state index contributed by atoms with van der Waals surface area (Å²) < 4.78 is 11.6. The fraction of sp³-hybridized carbons (Fsp3) is 0.588. The maximum Gasteiger partial charge on any atom is 0.227 e. The van der Waals surface area contributed by atoms with Crippen molar-refractivity contribution in [2.45, 2.75) is 43.6 Å². The van der Waals surface area contributed by atoms with Crippen LogP contribution < -0.4 is 5.73 Å². The second-order valence-corrected chi connectivity index (χ2v) is 7.33. The third kappa shape index (κ3) is 3.70. The highest BCUT2D eigenvalue weighted by atomic mass is 35.5. The highest BCUT2D eigenvalue weighted by Crippen LogP contribution is 2.37. The predicted octanol–water partition coefficient (Wildman–Crippen LogP) is 2.62. The van der Waals surface area contributed by atoms with Gasteiger partial charge >= 0.3 is 0 Å². The molecule has 1 heterocycles. The quantitative estimate of drug-likeness (QED) is 0.885. The summed E-state index contributed by atoms with van der Waals surface area (Å²) >= 11 is 11.9. The Hall–Kier alpha value is -0.850. The van der Waals surface area contributed by atoms with Crippen molar-refractivity contribution in [2.24, 2.45) is 5.73 Å². The highest BCUT2D eigenvalue weighted by molar-refractivity contribution is 6.42. The number of carbonyl (C=O) groups excluding carboxylic acids is 1. The van der Waals surface area contributed by atoms with E-state index >= 15 is 0 Å². The van der Waals surface area contributed by atoms with E-state index in [9.17, 15) is 4.79 Å². The number of nitrogens with two attached hydrogens (primary N) is 1. The lowest BCUT2D eigenvalue weighted by molar-refractivity contribution is -0.191. The smallest absolute Gasteiger partial charge is 0.227 e. The first-order valence-corrected chi connectivity index (χ1v) is 8.89. The van der Waals surface area contributed by atoms with Crippen LogP contribution in [-0.4, -0.2) is 48.9 Å². The van der Waals surface area contributed by atoms with E-state index in [0.717, 1.165) is 18.4 Å². The topological polar surface area (TPSA) is 64.8 Å². The number of carbonyl (C=O) groups is 1. The molecular weight excluding hydrogens is 351 g/mol. The Kier molecular flexibility index (Phi) is 5.37. The maximum absolute atomic E-state index is 12.7. The van der Waals surface area contributed by atoms with Crippen LogP contribution >= 0.6 is 23.2 Å². The molecule has 5 nitrogen and oxygen atoms in total. The standard InChI is InChI=1S/C17H22Cl2N2O3/c1-21(16(22)9-11-2-3-12(18)13(19)8-11)15-10-17(5-4-14(15)20)23-6-7-24-17/h2-3,8,14-15H,4-7,9-10,20H2,1H3/t14-,15-/m0/s1. The van der Waals surface area contributed by atoms with Crippen LogP contribution in [0.25, 0.3) is 0 Å². The van der Waals surface area contributed by atoms with Crippen molar-refractivity contribution in [1.29, 1.82) is 0 Å². The Morgan fingerprint density at radius 1 is 1.33 bits per heavy atom. The number of benzene rings is 1. The molecule has 1 aliphatic carbocycles. The number of rotatable bonds is 3. The summed E-state index contributed by atoms with van der Waals surface area (Å²) in [6.07, 6.45) is 2.41. The summed E-state index contributed by atoms with van der Waals surface area (Å²) in [6, 6.07) is 5.05. The zero-order valence-electron chi connectivity index (χ0n) is 13.6. The predicted molar refractivity (Wildman–Crippen MR) is 93.2 cm³/mol. The Morgan fingerprint density at radius 2 is 2.04 bits per heavy atom. The first kappa shape index (κ1) is 18.0. The summed E-state index contributed by atoms with van der Waals surface area (Å²) in [5, 5.41) is 0.929. The normalized spacial score (nSPS) is 25.8. The minimum atomic E-state index is -0.571. The van der Waals surface area contributed by atoms with E-state index < -0.39 is 5.79 Å². The van der Waals surface area contributed by atoms with Gasteiger partial charge in [-0.05, 0) is 24.1 Å².